The van der Waals surface area contributed by atoms with Crippen LogP contribution in [0.5, 0.6) is 0 Å². The van der Waals surface area contributed by atoms with E-state index in [1.165, 1.54) is 22.2 Å². The van der Waals surface area contributed by atoms with Gasteiger partial charge in [-0.2, -0.15) is 5.10 Å². The van der Waals surface area contributed by atoms with E-state index < -0.39 is 15.4 Å². The number of halogens is 1. The second-order valence-electron chi connectivity index (χ2n) is 8.87. The van der Waals surface area contributed by atoms with Crippen molar-refractivity contribution in [3.63, 3.8) is 0 Å². The lowest BCUT2D eigenvalue weighted by Crippen LogP contribution is -2.28. The molecule has 0 atom stereocenters. The molecule has 4 rings (SSSR count). The van der Waals surface area contributed by atoms with E-state index >= 15 is 0 Å². The minimum atomic E-state index is -3.66. The molecule has 0 radical (unpaired) electrons. The average molecular weight is 540 g/mol. The molecule has 0 bridgehead atoms. The Hall–Kier alpha value is -3.56. The van der Waals surface area contributed by atoms with Crippen molar-refractivity contribution in [2.24, 2.45) is 0 Å². The Labute approximate surface area is 219 Å². The van der Waals surface area contributed by atoms with Crippen molar-refractivity contribution in [3.8, 4) is 11.1 Å². The average Bonchev–Trinajstić information content (AvgIpc) is 3.27. The summed E-state index contributed by atoms with van der Waals surface area (Å²) < 4.78 is 27.5. The molecule has 0 saturated carbocycles. The summed E-state index contributed by atoms with van der Waals surface area (Å²) in [4.78, 5) is 38.6. The molecule has 0 amide bonds. The second kappa shape index (κ2) is 10.4. The van der Waals surface area contributed by atoms with Crippen LogP contribution in [0.2, 0.25) is 5.02 Å². The predicted molar refractivity (Wildman–Crippen MR) is 143 cm³/mol. The summed E-state index contributed by atoms with van der Waals surface area (Å²) in [7, 11) is -3.66. The van der Waals surface area contributed by atoms with Crippen molar-refractivity contribution >= 4 is 43.8 Å². The molecule has 0 aliphatic carbocycles. The fourth-order valence-electron chi connectivity index (χ4n) is 4.34. The fourth-order valence-corrected chi connectivity index (χ4v) is 5.37. The van der Waals surface area contributed by atoms with Crippen LogP contribution >= 0.6 is 11.6 Å². The summed E-state index contributed by atoms with van der Waals surface area (Å²) in [6.45, 7) is 3.08. The molecule has 4 aromatic rings. The Morgan fingerprint density at radius 2 is 1.73 bits per heavy atom. The highest BCUT2D eigenvalue weighted by atomic mass is 35.5. The number of benzene rings is 2. The van der Waals surface area contributed by atoms with Crippen LogP contribution in [0.4, 0.5) is 0 Å². The Kier molecular flexibility index (Phi) is 7.47. The molecular weight excluding hydrogens is 514 g/mol. The maximum absolute atomic E-state index is 13.7. The summed E-state index contributed by atoms with van der Waals surface area (Å²) >= 11 is 6.29. The third-order valence-electron chi connectivity index (χ3n) is 6.05. The molecule has 8 nitrogen and oxygen atoms in total. The first kappa shape index (κ1) is 26.5. The van der Waals surface area contributed by atoms with Gasteiger partial charge in [-0.15, -0.1) is 0 Å². The number of ketones is 2. The molecule has 2 aromatic carbocycles. The quantitative estimate of drug-likeness (QED) is 0.289. The third kappa shape index (κ3) is 5.42. The molecule has 0 N–H and O–H groups in total. The van der Waals surface area contributed by atoms with Gasteiger partial charge in [0.25, 0.3) is 5.56 Å². The number of aryl methyl sites for hydroxylation is 1. The zero-order valence-corrected chi connectivity index (χ0v) is 22.3. The highest BCUT2D eigenvalue weighted by Gasteiger charge is 2.24. The van der Waals surface area contributed by atoms with Crippen molar-refractivity contribution in [2.45, 2.75) is 44.8 Å². The van der Waals surface area contributed by atoms with Crippen LogP contribution in [-0.2, 0) is 27.7 Å². The Bertz CT molecular complexity index is 1690. The lowest BCUT2D eigenvalue weighted by molar-refractivity contribution is -0.117. The highest BCUT2D eigenvalue weighted by Crippen LogP contribution is 2.33. The van der Waals surface area contributed by atoms with Crippen LogP contribution < -0.4 is 5.56 Å². The molecule has 10 heteroatoms. The third-order valence-corrected chi connectivity index (χ3v) is 7.37. The molecule has 0 unspecified atom stereocenters. The van der Waals surface area contributed by atoms with Crippen LogP contribution in [0.25, 0.3) is 21.9 Å². The highest BCUT2D eigenvalue weighted by molar-refractivity contribution is 7.90. The van der Waals surface area contributed by atoms with E-state index in [1.807, 2.05) is 30.3 Å². The van der Waals surface area contributed by atoms with E-state index in [-0.39, 0.29) is 53.9 Å². The summed E-state index contributed by atoms with van der Waals surface area (Å²) in [6.07, 6.45) is 1.31. The van der Waals surface area contributed by atoms with Crippen molar-refractivity contribution in [1.29, 1.82) is 0 Å². The van der Waals surface area contributed by atoms with E-state index in [9.17, 15) is 22.8 Å². The lowest BCUT2D eigenvalue weighted by Gasteiger charge is -2.19. The van der Waals surface area contributed by atoms with Crippen LogP contribution in [0.1, 0.15) is 42.9 Å². The number of nitrogens with zero attached hydrogens (tertiary/aromatic N) is 3. The van der Waals surface area contributed by atoms with Gasteiger partial charge in [-0.1, -0.05) is 48.9 Å². The minimum Gasteiger partial charge on any atom is -0.300 e. The van der Waals surface area contributed by atoms with Crippen molar-refractivity contribution in [3.05, 3.63) is 81.4 Å². The van der Waals surface area contributed by atoms with E-state index in [1.54, 1.807) is 25.1 Å². The van der Waals surface area contributed by atoms with Crippen LogP contribution in [-0.4, -0.2) is 40.6 Å². The smallest absolute Gasteiger partial charge is 0.259 e. The number of hydrogen-bond acceptors (Lipinski definition) is 6. The van der Waals surface area contributed by atoms with E-state index in [0.29, 0.717) is 21.4 Å². The van der Waals surface area contributed by atoms with E-state index in [2.05, 4.69) is 5.10 Å². The standard InChI is InChI=1S/C27H26ClN3O5S/c1-4-23(33)26-25(18-8-6-5-7-9-18)22-14-19(28)10-11-21(22)27(34)30(26)16-20-15-24(37(3,35)36)31(29-20)13-12-17(2)32/h5-11,14-15H,4,12-13,16H2,1-3H3. The SMILES string of the molecule is CCC(=O)c1c(-c2ccccc2)c2cc(Cl)ccc2c(=O)n1Cc1cc(S(C)(=O)=O)n(CCC(C)=O)n1. The van der Waals surface area contributed by atoms with Crippen LogP contribution in [0.3, 0.4) is 0 Å². The lowest BCUT2D eigenvalue weighted by atomic mass is 9.94. The summed E-state index contributed by atoms with van der Waals surface area (Å²) in [5.41, 5.74) is 1.38. The molecule has 0 fully saturated rings. The molecule has 0 spiro atoms. The first-order valence-electron chi connectivity index (χ1n) is 11.7. The molecule has 0 saturated heterocycles. The van der Waals surface area contributed by atoms with E-state index in [0.717, 1.165) is 11.8 Å². The van der Waals surface area contributed by atoms with Crippen molar-refractivity contribution < 1.29 is 18.0 Å². The number of carbonyl (C=O) groups excluding carboxylic acids is 2. The van der Waals surface area contributed by atoms with Gasteiger partial charge in [0.15, 0.2) is 20.6 Å². The number of fused-ring (bicyclic) bond motifs is 1. The molecule has 37 heavy (non-hydrogen) atoms. The zero-order valence-electron chi connectivity index (χ0n) is 20.7. The Morgan fingerprint density at radius 3 is 2.35 bits per heavy atom. The molecule has 2 aromatic heterocycles. The normalized spacial score (nSPS) is 11.7. The van der Waals surface area contributed by atoms with Gasteiger partial charge in [-0.3, -0.25) is 23.6 Å². The van der Waals surface area contributed by atoms with Crippen molar-refractivity contribution in [2.75, 3.05) is 6.26 Å². The van der Waals surface area contributed by atoms with Gasteiger partial charge in [0.05, 0.1) is 17.9 Å². The maximum Gasteiger partial charge on any atom is 0.259 e. The number of rotatable bonds is 9. The molecule has 0 aliphatic rings. The Morgan fingerprint density at radius 1 is 1.03 bits per heavy atom. The Balaban J connectivity index is 2.01. The van der Waals surface area contributed by atoms with Gasteiger partial charge >= 0.3 is 0 Å². The van der Waals surface area contributed by atoms with Gasteiger partial charge in [0, 0.05) is 47.7 Å². The molecule has 0 aliphatic heterocycles. The predicted octanol–water partition coefficient (Wildman–Crippen LogP) is 4.54. The topological polar surface area (TPSA) is 108 Å². The second-order valence-corrected chi connectivity index (χ2v) is 11.3. The first-order valence-corrected chi connectivity index (χ1v) is 14.0. The fraction of sp³-hybridized carbons (Fsp3) is 0.259. The van der Waals surface area contributed by atoms with Gasteiger partial charge in [-0.25, -0.2) is 8.42 Å². The summed E-state index contributed by atoms with van der Waals surface area (Å²) in [5.74, 6) is -0.360. The van der Waals surface area contributed by atoms with Gasteiger partial charge < -0.3 is 0 Å². The first-order chi connectivity index (χ1) is 17.5. The number of aromatic nitrogens is 3. The number of hydrogen-bond donors (Lipinski definition) is 0. The summed E-state index contributed by atoms with van der Waals surface area (Å²) in [5, 5.41) is 5.70. The van der Waals surface area contributed by atoms with Crippen LogP contribution in [0.15, 0.2) is 64.4 Å². The van der Waals surface area contributed by atoms with Gasteiger partial charge in [0.2, 0.25) is 0 Å². The van der Waals surface area contributed by atoms with Gasteiger partial charge in [-0.05, 0) is 36.1 Å². The number of sulfone groups is 1. The monoisotopic (exact) mass is 539 g/mol. The summed E-state index contributed by atoms with van der Waals surface area (Å²) in [6, 6.07) is 15.6. The largest absolute Gasteiger partial charge is 0.300 e. The minimum absolute atomic E-state index is 0.0592. The molecule has 2 heterocycles. The maximum atomic E-state index is 13.7. The molecule has 192 valence electrons. The van der Waals surface area contributed by atoms with Crippen LogP contribution in [0, 0.1) is 0 Å². The van der Waals surface area contributed by atoms with Gasteiger partial charge in [0.1, 0.15) is 5.78 Å². The number of carbonyl (C=O) groups is 2. The van der Waals surface area contributed by atoms with Crippen molar-refractivity contribution in [1.82, 2.24) is 14.3 Å². The zero-order chi connectivity index (χ0) is 26.9. The van der Waals surface area contributed by atoms with E-state index in [4.69, 9.17) is 11.6 Å². The number of Topliss-reactive ketones (excluding diaryl/α,β-unsaturated/α-hetero) is 2. The number of pyridine rings is 1. The molecular formula is C27H26ClN3O5S.